The summed E-state index contributed by atoms with van der Waals surface area (Å²) in [5.41, 5.74) is -1.69. The Morgan fingerprint density at radius 1 is 0.950 bits per heavy atom. The van der Waals surface area contributed by atoms with Gasteiger partial charge in [-0.05, 0) is 0 Å². The summed E-state index contributed by atoms with van der Waals surface area (Å²) in [5, 5.41) is 16.7. The number of carboxylic acids is 2. The van der Waals surface area contributed by atoms with E-state index in [9.17, 15) is 40.3 Å². The third-order valence-corrected chi connectivity index (χ3v) is 2.27. The lowest BCUT2D eigenvalue weighted by Gasteiger charge is -2.31. The van der Waals surface area contributed by atoms with Crippen LogP contribution in [0.3, 0.4) is 0 Å². The van der Waals surface area contributed by atoms with E-state index >= 15 is 0 Å². The molecule has 0 radical (unpaired) electrons. The van der Waals surface area contributed by atoms with Crippen LogP contribution in [0.25, 0.3) is 0 Å². The van der Waals surface area contributed by atoms with Gasteiger partial charge in [-0.2, -0.15) is 17.6 Å². The van der Waals surface area contributed by atoms with E-state index in [1.165, 1.54) is 0 Å². The van der Waals surface area contributed by atoms with Gasteiger partial charge in [0.1, 0.15) is 5.92 Å². The van der Waals surface area contributed by atoms with Crippen molar-refractivity contribution in [2.45, 2.75) is 24.4 Å². The molecule has 0 aromatic carbocycles. The fourth-order valence-electron chi connectivity index (χ4n) is 1.12. The summed E-state index contributed by atoms with van der Waals surface area (Å²) in [6.07, 6.45) is -9.39. The molecule has 0 aromatic rings. The first-order valence-corrected chi connectivity index (χ1v) is 4.61. The minimum Gasteiger partial charge on any atom is -0.481 e. The monoisotopic (exact) mass is 312 g/mol. The number of carbonyl (C=O) groups is 2. The Kier molecular flexibility index (Phi) is 5.16. The second kappa shape index (κ2) is 5.67. The van der Waals surface area contributed by atoms with Crippen molar-refractivity contribution in [1.29, 1.82) is 0 Å². The van der Waals surface area contributed by atoms with Crippen LogP contribution in [0.5, 0.6) is 0 Å². The number of rotatable bonds is 7. The highest BCUT2D eigenvalue weighted by atomic mass is 19.3. The SMILES string of the molecule is C=C(C(=O)O)C(C(=O)O)C(F)C(F)(F)C(F)(F)C(F)F. The highest BCUT2D eigenvalue weighted by Crippen LogP contribution is 2.45. The molecule has 0 fully saturated rings. The summed E-state index contributed by atoms with van der Waals surface area (Å²) >= 11 is 0. The van der Waals surface area contributed by atoms with Crippen LogP contribution >= 0.6 is 0 Å². The average molecular weight is 312 g/mol. The Hall–Kier alpha value is -1.81. The Bertz CT molecular complexity index is 421. The minimum absolute atomic E-state index is 1.69. The normalized spacial score (nSPS) is 15.8. The molecule has 0 bridgehead atoms. The lowest BCUT2D eigenvalue weighted by Crippen LogP contribution is -2.56. The van der Waals surface area contributed by atoms with E-state index < -0.39 is 47.9 Å². The standard InChI is InChI=1S/C9H7F7O4/c1-2(5(17)18)3(6(19)20)4(10)8(13,14)9(15,16)7(11)12/h3-4,7H,1H2,(H,17,18)(H,19,20). The van der Waals surface area contributed by atoms with Crippen molar-refractivity contribution < 1.29 is 50.5 Å². The molecule has 2 unspecified atom stereocenters. The third kappa shape index (κ3) is 3.02. The van der Waals surface area contributed by atoms with E-state index in [0.717, 1.165) is 0 Å². The summed E-state index contributed by atoms with van der Waals surface area (Å²) < 4.78 is 88.0. The maximum Gasteiger partial charge on any atom is 0.372 e. The van der Waals surface area contributed by atoms with Gasteiger partial charge in [0, 0.05) is 5.57 Å². The molecule has 11 heteroatoms. The highest BCUT2D eigenvalue weighted by Gasteiger charge is 2.69. The topological polar surface area (TPSA) is 74.6 Å². The van der Waals surface area contributed by atoms with Gasteiger partial charge in [-0.3, -0.25) is 4.79 Å². The van der Waals surface area contributed by atoms with Crippen LogP contribution in [0, 0.1) is 5.92 Å². The molecule has 0 saturated heterocycles. The van der Waals surface area contributed by atoms with Crippen molar-refractivity contribution >= 4 is 11.9 Å². The minimum atomic E-state index is -6.18. The molecule has 0 aliphatic heterocycles. The van der Waals surface area contributed by atoms with Gasteiger partial charge in [0.15, 0.2) is 6.17 Å². The lowest BCUT2D eigenvalue weighted by atomic mass is 9.89. The van der Waals surface area contributed by atoms with Crippen LogP contribution in [-0.4, -0.2) is 46.6 Å². The zero-order valence-corrected chi connectivity index (χ0v) is 9.30. The summed E-state index contributed by atoms with van der Waals surface area (Å²) in [6, 6.07) is 0. The molecular weight excluding hydrogens is 305 g/mol. The smallest absolute Gasteiger partial charge is 0.372 e. The number of hydrogen-bond donors (Lipinski definition) is 2. The molecule has 0 aliphatic carbocycles. The van der Waals surface area contributed by atoms with Crippen LogP contribution < -0.4 is 0 Å². The van der Waals surface area contributed by atoms with Gasteiger partial charge >= 0.3 is 30.2 Å². The highest BCUT2D eigenvalue weighted by molar-refractivity contribution is 5.93. The summed E-state index contributed by atoms with van der Waals surface area (Å²) in [5.74, 6) is -20.4. The van der Waals surface area contributed by atoms with Gasteiger partial charge in [-0.1, -0.05) is 6.58 Å². The maximum absolute atomic E-state index is 13.3. The maximum atomic E-state index is 13.3. The average Bonchev–Trinajstić information content (AvgIpc) is 2.27. The largest absolute Gasteiger partial charge is 0.481 e. The van der Waals surface area contributed by atoms with Gasteiger partial charge in [-0.25, -0.2) is 18.0 Å². The molecule has 0 saturated carbocycles. The summed E-state index contributed by atoms with van der Waals surface area (Å²) in [7, 11) is 0. The molecule has 0 aromatic heterocycles. The molecule has 0 rings (SSSR count). The van der Waals surface area contributed by atoms with Crippen molar-refractivity contribution in [2.24, 2.45) is 5.92 Å². The number of alkyl halides is 7. The molecule has 0 aliphatic rings. The molecule has 0 amide bonds. The van der Waals surface area contributed by atoms with Crippen LogP contribution in [0.4, 0.5) is 30.7 Å². The Morgan fingerprint density at radius 3 is 1.60 bits per heavy atom. The second-order valence-corrected chi connectivity index (χ2v) is 3.59. The number of carboxylic acid groups (broad SMARTS) is 2. The van der Waals surface area contributed by atoms with Crippen LogP contribution in [0.15, 0.2) is 12.2 Å². The molecule has 116 valence electrons. The summed E-state index contributed by atoms with van der Waals surface area (Å²) in [4.78, 5) is 20.9. The zero-order chi connectivity index (χ0) is 16.5. The second-order valence-electron chi connectivity index (χ2n) is 3.59. The molecule has 20 heavy (non-hydrogen) atoms. The number of halogens is 7. The van der Waals surface area contributed by atoms with E-state index in [-0.39, 0.29) is 0 Å². The fourth-order valence-corrected chi connectivity index (χ4v) is 1.12. The predicted octanol–water partition coefficient (Wildman–Crippen LogP) is 2.20. The van der Waals surface area contributed by atoms with E-state index in [4.69, 9.17) is 10.2 Å². The number of hydrogen-bond acceptors (Lipinski definition) is 2. The van der Waals surface area contributed by atoms with Gasteiger partial charge < -0.3 is 10.2 Å². The third-order valence-electron chi connectivity index (χ3n) is 2.27. The fraction of sp³-hybridized carbons (Fsp3) is 0.556. The molecule has 2 N–H and O–H groups in total. The molecule has 4 nitrogen and oxygen atoms in total. The first-order valence-electron chi connectivity index (χ1n) is 4.61. The number of aliphatic carboxylic acids is 2. The Balaban J connectivity index is 5.69. The van der Waals surface area contributed by atoms with Gasteiger partial charge in [0.25, 0.3) is 0 Å². The van der Waals surface area contributed by atoms with E-state index in [1.807, 2.05) is 0 Å². The van der Waals surface area contributed by atoms with Crippen molar-refractivity contribution in [3.8, 4) is 0 Å². The van der Waals surface area contributed by atoms with Crippen molar-refractivity contribution in [2.75, 3.05) is 0 Å². The molecular formula is C9H7F7O4. The Morgan fingerprint density at radius 2 is 1.35 bits per heavy atom. The lowest BCUT2D eigenvalue weighted by molar-refractivity contribution is -0.289. The zero-order valence-electron chi connectivity index (χ0n) is 9.30. The van der Waals surface area contributed by atoms with Crippen LogP contribution in [0.1, 0.15) is 0 Å². The van der Waals surface area contributed by atoms with Gasteiger partial charge in [0.05, 0.1) is 0 Å². The van der Waals surface area contributed by atoms with E-state index in [2.05, 4.69) is 6.58 Å². The first kappa shape index (κ1) is 18.2. The molecule has 2 atom stereocenters. The first-order chi connectivity index (χ1) is 8.78. The predicted molar refractivity (Wildman–Crippen MR) is 48.7 cm³/mol. The van der Waals surface area contributed by atoms with Crippen LogP contribution in [-0.2, 0) is 9.59 Å². The van der Waals surface area contributed by atoms with E-state index in [1.54, 1.807) is 0 Å². The Labute approximate surface area is 106 Å². The van der Waals surface area contributed by atoms with Crippen LogP contribution in [0.2, 0.25) is 0 Å². The van der Waals surface area contributed by atoms with Crippen molar-refractivity contribution in [3.63, 3.8) is 0 Å². The summed E-state index contributed by atoms with van der Waals surface area (Å²) in [6.45, 7) is 2.45. The van der Waals surface area contributed by atoms with E-state index in [0.29, 0.717) is 0 Å². The quantitative estimate of drug-likeness (QED) is 0.558. The molecule has 0 heterocycles. The van der Waals surface area contributed by atoms with Gasteiger partial charge in [0.2, 0.25) is 0 Å². The molecule has 0 spiro atoms. The van der Waals surface area contributed by atoms with Gasteiger partial charge in [-0.15, -0.1) is 0 Å². The van der Waals surface area contributed by atoms with Crippen molar-refractivity contribution in [1.82, 2.24) is 0 Å². The van der Waals surface area contributed by atoms with Crippen molar-refractivity contribution in [3.05, 3.63) is 12.2 Å².